The van der Waals surface area contributed by atoms with E-state index < -0.39 is 11.4 Å². The lowest BCUT2D eigenvalue weighted by atomic mass is 9.97. The van der Waals surface area contributed by atoms with E-state index >= 15 is 0 Å². The largest absolute Gasteiger partial charge is 0.389 e. The van der Waals surface area contributed by atoms with E-state index in [-0.39, 0.29) is 4.99 Å². The van der Waals surface area contributed by atoms with Gasteiger partial charge in [-0.05, 0) is 31.5 Å². The van der Waals surface area contributed by atoms with E-state index in [1.165, 1.54) is 0 Å². The van der Waals surface area contributed by atoms with Crippen molar-refractivity contribution in [3.63, 3.8) is 0 Å². The minimum Gasteiger partial charge on any atom is -0.389 e. The number of hydrogen-bond donors (Lipinski definition) is 3. The summed E-state index contributed by atoms with van der Waals surface area (Å²) in [6.45, 7) is 3.64. The van der Waals surface area contributed by atoms with E-state index in [0.717, 1.165) is 4.47 Å². The van der Waals surface area contributed by atoms with Crippen LogP contribution >= 0.6 is 28.1 Å². The van der Waals surface area contributed by atoms with Crippen molar-refractivity contribution in [3.8, 4) is 0 Å². The van der Waals surface area contributed by atoms with Gasteiger partial charge in [0.2, 0.25) is 5.91 Å². The van der Waals surface area contributed by atoms with E-state index in [1.807, 2.05) is 25.1 Å². The van der Waals surface area contributed by atoms with Crippen LogP contribution in [0, 0.1) is 0 Å². The highest BCUT2D eigenvalue weighted by Gasteiger charge is 2.29. The van der Waals surface area contributed by atoms with Gasteiger partial charge in [-0.1, -0.05) is 35.1 Å². The van der Waals surface area contributed by atoms with Gasteiger partial charge in [0.25, 0.3) is 0 Å². The number of anilines is 1. The van der Waals surface area contributed by atoms with Gasteiger partial charge in [-0.15, -0.1) is 0 Å². The summed E-state index contributed by atoms with van der Waals surface area (Å²) in [5.74, 6) is -0.415. The van der Waals surface area contributed by atoms with E-state index in [1.54, 1.807) is 6.92 Å². The number of primary amides is 1. The fourth-order valence-corrected chi connectivity index (χ4v) is 1.98. The van der Waals surface area contributed by atoms with Gasteiger partial charge in [-0.3, -0.25) is 4.79 Å². The second-order valence-electron chi connectivity index (χ2n) is 4.23. The molecule has 1 aromatic rings. The lowest BCUT2D eigenvalue weighted by molar-refractivity contribution is -0.121. The molecule has 0 saturated carbocycles. The zero-order chi connectivity index (χ0) is 13.9. The summed E-state index contributed by atoms with van der Waals surface area (Å²) in [6.07, 6.45) is 0.565. The van der Waals surface area contributed by atoms with E-state index in [0.29, 0.717) is 17.7 Å². The zero-order valence-electron chi connectivity index (χ0n) is 10.3. The first kappa shape index (κ1) is 14.9. The Morgan fingerprint density at radius 2 is 2.11 bits per heavy atom. The third kappa shape index (κ3) is 3.20. The molecular weight excluding hydrogens is 314 g/mol. The van der Waals surface area contributed by atoms with Gasteiger partial charge < -0.3 is 16.8 Å². The molecule has 0 aliphatic heterocycles. The monoisotopic (exact) mass is 329 g/mol. The quantitative estimate of drug-likeness (QED) is 0.723. The second kappa shape index (κ2) is 5.67. The fourth-order valence-electron chi connectivity index (χ4n) is 1.45. The molecule has 1 rings (SSSR count). The molecule has 1 atom stereocenters. The molecule has 6 heteroatoms. The van der Waals surface area contributed by atoms with Crippen molar-refractivity contribution in [1.82, 2.24) is 0 Å². The lowest BCUT2D eigenvalue weighted by Crippen LogP contribution is -2.47. The number of nitrogens with one attached hydrogen (secondary N) is 1. The molecule has 0 spiro atoms. The first-order valence-electron chi connectivity index (χ1n) is 5.47. The van der Waals surface area contributed by atoms with Gasteiger partial charge in [0.15, 0.2) is 0 Å². The SMILES string of the molecule is CCC(C)(Nc1ccc(Br)cc1C(N)=S)C(N)=O. The molecule has 4 nitrogen and oxygen atoms in total. The van der Waals surface area contributed by atoms with Crippen LogP contribution in [0.2, 0.25) is 0 Å². The molecule has 0 saturated heterocycles. The van der Waals surface area contributed by atoms with Crippen LogP contribution in [0.1, 0.15) is 25.8 Å². The number of carbonyl (C=O) groups excluding carboxylic acids is 1. The summed E-state index contributed by atoms with van der Waals surface area (Å²) in [7, 11) is 0. The lowest BCUT2D eigenvalue weighted by Gasteiger charge is -2.28. The summed E-state index contributed by atoms with van der Waals surface area (Å²) in [5.41, 5.74) is 11.6. The molecule has 0 heterocycles. The number of amides is 1. The summed E-state index contributed by atoms with van der Waals surface area (Å²) >= 11 is 8.36. The highest BCUT2D eigenvalue weighted by atomic mass is 79.9. The molecule has 0 radical (unpaired) electrons. The molecule has 98 valence electrons. The normalized spacial score (nSPS) is 13.7. The number of hydrogen-bond acceptors (Lipinski definition) is 3. The Morgan fingerprint density at radius 1 is 1.50 bits per heavy atom. The smallest absolute Gasteiger partial charge is 0.242 e. The highest BCUT2D eigenvalue weighted by Crippen LogP contribution is 2.25. The summed E-state index contributed by atoms with van der Waals surface area (Å²) in [5, 5.41) is 3.12. The highest BCUT2D eigenvalue weighted by molar-refractivity contribution is 9.10. The molecule has 1 aromatic carbocycles. The summed E-state index contributed by atoms with van der Waals surface area (Å²) < 4.78 is 0.869. The predicted octanol–water partition coefficient (Wildman–Crippen LogP) is 2.15. The maximum Gasteiger partial charge on any atom is 0.242 e. The van der Waals surface area contributed by atoms with Crippen LogP contribution < -0.4 is 16.8 Å². The van der Waals surface area contributed by atoms with Crippen molar-refractivity contribution in [2.75, 3.05) is 5.32 Å². The Bertz CT molecular complexity index is 492. The number of thiocarbonyl (C=S) groups is 1. The van der Waals surface area contributed by atoms with Crippen LogP contribution in [0.25, 0.3) is 0 Å². The number of halogens is 1. The Hall–Kier alpha value is -1.14. The molecular formula is C12H16BrN3OS. The van der Waals surface area contributed by atoms with Crippen molar-refractivity contribution in [2.45, 2.75) is 25.8 Å². The Balaban J connectivity index is 3.18. The van der Waals surface area contributed by atoms with Gasteiger partial charge in [-0.25, -0.2) is 0 Å². The van der Waals surface area contributed by atoms with Gasteiger partial charge in [0, 0.05) is 15.7 Å². The third-order valence-corrected chi connectivity index (χ3v) is 3.62. The maximum atomic E-state index is 11.5. The molecule has 1 amide bonds. The summed E-state index contributed by atoms with van der Waals surface area (Å²) in [4.78, 5) is 11.8. The molecule has 0 aromatic heterocycles. The van der Waals surface area contributed by atoms with E-state index in [2.05, 4.69) is 21.2 Å². The number of benzene rings is 1. The predicted molar refractivity (Wildman–Crippen MR) is 81.5 cm³/mol. The number of nitrogens with two attached hydrogens (primary N) is 2. The van der Waals surface area contributed by atoms with Gasteiger partial charge in [-0.2, -0.15) is 0 Å². The van der Waals surface area contributed by atoms with Crippen LogP contribution in [-0.2, 0) is 4.79 Å². The van der Waals surface area contributed by atoms with Crippen LogP contribution in [-0.4, -0.2) is 16.4 Å². The maximum absolute atomic E-state index is 11.5. The topological polar surface area (TPSA) is 81.1 Å². The first-order chi connectivity index (χ1) is 8.30. The molecule has 0 aliphatic carbocycles. The van der Waals surface area contributed by atoms with Crippen LogP contribution in [0.3, 0.4) is 0 Å². The zero-order valence-corrected chi connectivity index (χ0v) is 12.7. The molecule has 5 N–H and O–H groups in total. The fraction of sp³-hybridized carbons (Fsp3) is 0.333. The Kier molecular flexibility index (Phi) is 4.70. The Labute approximate surface area is 120 Å². The minimum atomic E-state index is -0.826. The van der Waals surface area contributed by atoms with E-state index in [9.17, 15) is 4.79 Å². The van der Waals surface area contributed by atoms with Crippen molar-refractivity contribution in [1.29, 1.82) is 0 Å². The van der Waals surface area contributed by atoms with Crippen molar-refractivity contribution >= 4 is 44.7 Å². The van der Waals surface area contributed by atoms with Gasteiger partial charge >= 0.3 is 0 Å². The summed E-state index contributed by atoms with van der Waals surface area (Å²) in [6, 6.07) is 5.47. The van der Waals surface area contributed by atoms with Crippen molar-refractivity contribution in [2.24, 2.45) is 11.5 Å². The minimum absolute atomic E-state index is 0.265. The van der Waals surface area contributed by atoms with Crippen LogP contribution in [0.15, 0.2) is 22.7 Å². The van der Waals surface area contributed by atoms with Crippen molar-refractivity contribution < 1.29 is 4.79 Å². The second-order valence-corrected chi connectivity index (χ2v) is 5.58. The van der Waals surface area contributed by atoms with Gasteiger partial charge in [0.05, 0.1) is 0 Å². The molecule has 0 aliphatic rings. The number of rotatable bonds is 5. The standard InChI is InChI=1S/C12H16BrN3OS/c1-3-12(2,11(15)17)16-9-5-4-7(13)6-8(9)10(14)18/h4-6,16H,3H2,1-2H3,(H2,14,18)(H2,15,17). The molecule has 0 fully saturated rings. The molecule has 18 heavy (non-hydrogen) atoms. The average molecular weight is 330 g/mol. The average Bonchev–Trinajstić information content (AvgIpc) is 2.30. The number of carbonyl (C=O) groups is 1. The van der Waals surface area contributed by atoms with Crippen molar-refractivity contribution in [3.05, 3.63) is 28.2 Å². The molecule has 1 unspecified atom stereocenters. The van der Waals surface area contributed by atoms with Gasteiger partial charge in [0.1, 0.15) is 10.5 Å². The Morgan fingerprint density at radius 3 is 2.56 bits per heavy atom. The van der Waals surface area contributed by atoms with E-state index in [4.69, 9.17) is 23.7 Å². The van der Waals surface area contributed by atoms with Crippen LogP contribution in [0.4, 0.5) is 5.69 Å². The molecule has 0 bridgehead atoms. The third-order valence-electron chi connectivity index (χ3n) is 2.91. The van der Waals surface area contributed by atoms with Crippen LogP contribution in [0.5, 0.6) is 0 Å². The first-order valence-corrected chi connectivity index (χ1v) is 6.67.